The van der Waals surface area contributed by atoms with Crippen LogP contribution in [0, 0.1) is 0 Å². The molecule has 21 heavy (non-hydrogen) atoms. The number of hydrogen-bond donors (Lipinski definition) is 0. The third-order valence-electron chi connectivity index (χ3n) is 4.48. The molecule has 106 valence electrons. The summed E-state index contributed by atoms with van der Waals surface area (Å²) in [6.45, 7) is 0. The molecule has 2 bridgehead atoms. The van der Waals surface area contributed by atoms with E-state index in [0.717, 1.165) is 24.8 Å². The Hall–Kier alpha value is -1.87. The lowest BCUT2D eigenvalue weighted by atomic mass is 10.1. The maximum Gasteiger partial charge on any atom is 0.254 e. The summed E-state index contributed by atoms with van der Waals surface area (Å²) in [5.41, 5.74) is 1.99. The van der Waals surface area contributed by atoms with E-state index in [9.17, 15) is 4.79 Å². The maximum absolute atomic E-state index is 12.8. The van der Waals surface area contributed by atoms with Crippen LogP contribution in [0.4, 0.5) is 0 Å². The van der Waals surface area contributed by atoms with Gasteiger partial charge < -0.3 is 4.90 Å². The van der Waals surface area contributed by atoms with Gasteiger partial charge in [-0.2, -0.15) is 0 Å². The molecule has 2 nitrogen and oxygen atoms in total. The van der Waals surface area contributed by atoms with Crippen molar-refractivity contribution >= 4 is 17.2 Å². The highest BCUT2D eigenvalue weighted by atomic mass is 32.1. The molecule has 2 unspecified atom stereocenters. The number of hydrogen-bond acceptors (Lipinski definition) is 2. The number of rotatable bonds is 2. The van der Waals surface area contributed by atoms with E-state index in [2.05, 4.69) is 46.7 Å². The Morgan fingerprint density at radius 1 is 1.14 bits per heavy atom. The standard InChI is InChI=1S/C18H17NOS/c20-18(19-15-3-1-4-16(19)11-10-15)14-8-6-13(7-9-14)17-5-2-12-21-17/h1-3,5-9,12,15-16H,4,10-11H2. The summed E-state index contributed by atoms with van der Waals surface area (Å²) in [6.07, 6.45) is 7.68. The van der Waals surface area contributed by atoms with Crippen LogP contribution in [-0.2, 0) is 0 Å². The van der Waals surface area contributed by atoms with Gasteiger partial charge in [0.05, 0.1) is 6.04 Å². The molecule has 0 N–H and O–H groups in total. The first-order valence-corrected chi connectivity index (χ1v) is 8.34. The van der Waals surface area contributed by atoms with E-state index in [1.165, 1.54) is 10.4 Å². The van der Waals surface area contributed by atoms with Gasteiger partial charge in [0.1, 0.15) is 0 Å². The van der Waals surface area contributed by atoms with Crippen molar-refractivity contribution in [2.75, 3.05) is 0 Å². The monoisotopic (exact) mass is 295 g/mol. The zero-order valence-corrected chi connectivity index (χ0v) is 12.6. The molecule has 2 aliphatic heterocycles. The molecule has 3 heterocycles. The summed E-state index contributed by atoms with van der Waals surface area (Å²) in [4.78, 5) is 16.1. The van der Waals surface area contributed by atoms with Crippen molar-refractivity contribution in [1.82, 2.24) is 4.90 Å². The number of carbonyl (C=O) groups is 1. The summed E-state index contributed by atoms with van der Waals surface area (Å²) in [5.74, 6) is 0.185. The Morgan fingerprint density at radius 2 is 2.00 bits per heavy atom. The molecule has 1 saturated heterocycles. The molecule has 2 aliphatic rings. The molecular formula is C18H17NOS. The first-order valence-electron chi connectivity index (χ1n) is 7.46. The summed E-state index contributed by atoms with van der Waals surface area (Å²) >= 11 is 1.72. The van der Waals surface area contributed by atoms with Crippen LogP contribution in [0.25, 0.3) is 10.4 Å². The van der Waals surface area contributed by atoms with Crippen LogP contribution in [0.15, 0.2) is 53.9 Å². The zero-order chi connectivity index (χ0) is 14.2. The average Bonchev–Trinajstić information content (AvgIpc) is 3.14. The summed E-state index contributed by atoms with van der Waals surface area (Å²) < 4.78 is 0. The van der Waals surface area contributed by atoms with E-state index in [1.54, 1.807) is 11.3 Å². The Bertz CT molecular complexity index is 672. The molecule has 1 aromatic heterocycles. The van der Waals surface area contributed by atoms with Gasteiger partial charge in [0.15, 0.2) is 0 Å². The molecule has 1 amide bonds. The van der Waals surface area contributed by atoms with Gasteiger partial charge >= 0.3 is 0 Å². The van der Waals surface area contributed by atoms with Crippen LogP contribution in [-0.4, -0.2) is 22.9 Å². The van der Waals surface area contributed by atoms with Crippen LogP contribution in [0.3, 0.4) is 0 Å². The van der Waals surface area contributed by atoms with E-state index >= 15 is 0 Å². The number of benzene rings is 1. The molecule has 1 aromatic carbocycles. The number of carbonyl (C=O) groups excluding carboxylic acids is 1. The zero-order valence-electron chi connectivity index (χ0n) is 11.7. The van der Waals surface area contributed by atoms with E-state index < -0.39 is 0 Å². The normalized spacial score (nSPS) is 23.5. The third-order valence-corrected chi connectivity index (χ3v) is 5.40. The van der Waals surface area contributed by atoms with Crippen LogP contribution in [0.5, 0.6) is 0 Å². The second-order valence-electron chi connectivity index (χ2n) is 5.73. The maximum atomic E-state index is 12.8. The minimum atomic E-state index is 0.185. The number of amides is 1. The quantitative estimate of drug-likeness (QED) is 0.754. The van der Waals surface area contributed by atoms with Crippen LogP contribution in [0.1, 0.15) is 29.6 Å². The third kappa shape index (κ3) is 2.22. The Morgan fingerprint density at radius 3 is 2.71 bits per heavy atom. The fourth-order valence-corrected chi connectivity index (χ4v) is 4.14. The molecule has 1 fully saturated rings. The second-order valence-corrected chi connectivity index (χ2v) is 6.68. The number of nitrogens with zero attached hydrogens (tertiary/aromatic N) is 1. The molecular weight excluding hydrogens is 278 g/mol. The van der Waals surface area contributed by atoms with Crippen molar-refractivity contribution in [1.29, 1.82) is 0 Å². The highest BCUT2D eigenvalue weighted by Gasteiger charge is 2.37. The number of thiophene rings is 1. The van der Waals surface area contributed by atoms with Crippen molar-refractivity contribution in [2.24, 2.45) is 0 Å². The second kappa shape index (κ2) is 5.15. The van der Waals surface area contributed by atoms with E-state index in [1.807, 2.05) is 12.1 Å². The summed E-state index contributed by atoms with van der Waals surface area (Å²) in [6, 6.07) is 12.9. The van der Waals surface area contributed by atoms with Crippen LogP contribution < -0.4 is 0 Å². The van der Waals surface area contributed by atoms with Gasteiger partial charge in [-0.1, -0.05) is 30.4 Å². The van der Waals surface area contributed by atoms with Crippen molar-refractivity contribution in [3.8, 4) is 10.4 Å². The fraction of sp³-hybridized carbons (Fsp3) is 0.278. The van der Waals surface area contributed by atoms with E-state index in [-0.39, 0.29) is 5.91 Å². The van der Waals surface area contributed by atoms with Crippen molar-refractivity contribution in [3.05, 3.63) is 59.5 Å². The van der Waals surface area contributed by atoms with Gasteiger partial charge in [-0.3, -0.25) is 4.79 Å². The predicted octanol–water partition coefficient (Wildman–Crippen LogP) is 4.35. The lowest BCUT2D eigenvalue weighted by molar-refractivity contribution is 0.0689. The molecule has 2 aromatic rings. The van der Waals surface area contributed by atoms with Gasteiger partial charge in [0, 0.05) is 16.5 Å². The lowest BCUT2D eigenvalue weighted by Crippen LogP contribution is -2.42. The van der Waals surface area contributed by atoms with Crippen LogP contribution in [0.2, 0.25) is 0 Å². The topological polar surface area (TPSA) is 20.3 Å². The van der Waals surface area contributed by atoms with Gasteiger partial charge in [-0.15, -0.1) is 11.3 Å². The Labute approximate surface area is 128 Å². The first kappa shape index (κ1) is 12.8. The number of fused-ring (bicyclic) bond motifs is 2. The van der Waals surface area contributed by atoms with E-state index in [4.69, 9.17) is 0 Å². The van der Waals surface area contributed by atoms with Gasteiger partial charge in [0.2, 0.25) is 0 Å². The highest BCUT2D eigenvalue weighted by Crippen LogP contribution is 2.33. The summed E-state index contributed by atoms with van der Waals surface area (Å²) in [7, 11) is 0. The average molecular weight is 295 g/mol. The molecule has 3 heteroatoms. The van der Waals surface area contributed by atoms with Gasteiger partial charge in [-0.05, 0) is 48.4 Å². The largest absolute Gasteiger partial charge is 0.329 e. The molecule has 0 aliphatic carbocycles. The minimum Gasteiger partial charge on any atom is -0.329 e. The smallest absolute Gasteiger partial charge is 0.254 e. The van der Waals surface area contributed by atoms with E-state index in [0.29, 0.717) is 12.1 Å². The van der Waals surface area contributed by atoms with Crippen molar-refractivity contribution in [2.45, 2.75) is 31.3 Å². The fourth-order valence-electron chi connectivity index (χ4n) is 3.41. The molecule has 0 spiro atoms. The molecule has 0 saturated carbocycles. The molecule has 2 atom stereocenters. The first-order chi connectivity index (χ1) is 10.3. The van der Waals surface area contributed by atoms with Crippen molar-refractivity contribution < 1.29 is 4.79 Å². The SMILES string of the molecule is O=C(c1ccc(-c2cccs2)cc1)N1C2C=CCC1CC2. The predicted molar refractivity (Wildman–Crippen MR) is 86.5 cm³/mol. The Kier molecular flexibility index (Phi) is 3.15. The Balaban J connectivity index is 1.59. The molecule has 0 radical (unpaired) electrons. The highest BCUT2D eigenvalue weighted by molar-refractivity contribution is 7.13. The van der Waals surface area contributed by atoms with Crippen molar-refractivity contribution in [3.63, 3.8) is 0 Å². The van der Waals surface area contributed by atoms with Gasteiger partial charge in [0.25, 0.3) is 5.91 Å². The summed E-state index contributed by atoms with van der Waals surface area (Å²) in [5, 5.41) is 2.08. The lowest BCUT2D eigenvalue weighted by Gasteiger charge is -2.31. The van der Waals surface area contributed by atoms with Gasteiger partial charge in [-0.25, -0.2) is 0 Å². The minimum absolute atomic E-state index is 0.185. The van der Waals surface area contributed by atoms with Crippen LogP contribution >= 0.6 is 11.3 Å². The molecule has 4 rings (SSSR count).